The lowest BCUT2D eigenvalue weighted by Crippen LogP contribution is -2.39. The molecule has 0 radical (unpaired) electrons. The Kier molecular flexibility index (Phi) is 6.53. The molecule has 1 aliphatic rings. The van der Waals surface area contributed by atoms with E-state index in [1.807, 2.05) is 0 Å². The summed E-state index contributed by atoms with van der Waals surface area (Å²) in [6, 6.07) is 5.06. The molecule has 1 N–H and O–H groups in total. The molecule has 0 saturated carbocycles. The quantitative estimate of drug-likeness (QED) is 0.563. The molecule has 26 heavy (non-hydrogen) atoms. The van der Waals surface area contributed by atoms with Crippen molar-refractivity contribution in [2.75, 3.05) is 32.5 Å². The zero-order chi connectivity index (χ0) is 19.3. The second kappa shape index (κ2) is 8.63. The maximum atomic E-state index is 12.3. The number of nitrogens with zero attached hydrogens (tertiary/aromatic N) is 1. The van der Waals surface area contributed by atoms with Crippen LogP contribution in [0, 0.1) is 0 Å². The van der Waals surface area contributed by atoms with Gasteiger partial charge in [0, 0.05) is 10.5 Å². The first kappa shape index (κ1) is 19.7. The summed E-state index contributed by atoms with van der Waals surface area (Å²) in [6.07, 6.45) is 2.35. The van der Waals surface area contributed by atoms with E-state index in [0.29, 0.717) is 15.7 Å². The molecule has 0 aliphatic carbocycles. The molecule has 9 heteroatoms. The number of ether oxygens (including phenoxy) is 3. The smallest absolute Gasteiger partial charge is 0.355 e. The van der Waals surface area contributed by atoms with Gasteiger partial charge in [-0.2, -0.15) is 0 Å². The first-order chi connectivity index (χ1) is 12.4. The Morgan fingerprint density at radius 1 is 1.23 bits per heavy atom. The van der Waals surface area contributed by atoms with Gasteiger partial charge in [0.1, 0.15) is 12.4 Å². The van der Waals surface area contributed by atoms with E-state index in [2.05, 4.69) is 15.9 Å². The van der Waals surface area contributed by atoms with Gasteiger partial charge in [0.15, 0.2) is 0 Å². The molecule has 138 valence electrons. The monoisotopic (exact) mass is 425 g/mol. The molecular weight excluding hydrogens is 410 g/mol. The Balaban J connectivity index is 2.64. The molecule has 8 nitrogen and oxygen atoms in total. The van der Waals surface area contributed by atoms with Gasteiger partial charge in [-0.1, -0.05) is 22.0 Å². The van der Waals surface area contributed by atoms with Gasteiger partial charge in [0.05, 0.1) is 32.1 Å². The fourth-order valence-corrected chi connectivity index (χ4v) is 2.74. The number of halogens is 1. The molecule has 0 amide bonds. The van der Waals surface area contributed by atoms with Crippen molar-refractivity contribution >= 4 is 45.6 Å². The molecule has 1 aliphatic heterocycles. The van der Waals surface area contributed by atoms with Gasteiger partial charge < -0.3 is 24.2 Å². The summed E-state index contributed by atoms with van der Waals surface area (Å²) in [5, 5.41) is 8.88. The molecule has 0 aromatic heterocycles. The average molecular weight is 426 g/mol. The summed E-state index contributed by atoms with van der Waals surface area (Å²) in [7, 11) is 2.40. The number of carbonyl (C=O) groups is 3. The van der Waals surface area contributed by atoms with Crippen LogP contribution in [-0.4, -0.2) is 50.6 Å². The standard InChI is InChI=1S/C17H16BrNO7/c1-24-16(22)12-8-26-9-19(15(12)17(23)25-2)13-7-11(18)5-3-10(13)4-6-14(20)21/h3-7H,8-9H2,1-2H3,(H,20,21). The number of carboxylic acids is 1. The van der Waals surface area contributed by atoms with Crippen molar-refractivity contribution in [1.29, 1.82) is 0 Å². The molecule has 0 saturated heterocycles. The van der Waals surface area contributed by atoms with Crippen molar-refractivity contribution in [3.63, 3.8) is 0 Å². The number of hydrogen-bond donors (Lipinski definition) is 1. The van der Waals surface area contributed by atoms with Crippen LogP contribution in [0.3, 0.4) is 0 Å². The maximum Gasteiger partial charge on any atom is 0.355 e. The normalized spacial score (nSPS) is 14.5. The highest BCUT2D eigenvalue weighted by atomic mass is 79.9. The molecule has 0 bridgehead atoms. The van der Waals surface area contributed by atoms with Crippen LogP contribution in [0.1, 0.15) is 5.56 Å². The number of benzene rings is 1. The number of esters is 2. The number of carbonyl (C=O) groups excluding carboxylic acids is 2. The van der Waals surface area contributed by atoms with Crippen molar-refractivity contribution in [3.05, 3.63) is 45.6 Å². The third kappa shape index (κ3) is 4.30. The van der Waals surface area contributed by atoms with Crippen molar-refractivity contribution in [2.24, 2.45) is 0 Å². The average Bonchev–Trinajstić information content (AvgIpc) is 2.64. The summed E-state index contributed by atoms with van der Waals surface area (Å²) in [4.78, 5) is 36.7. The molecule has 1 aromatic carbocycles. The Morgan fingerprint density at radius 2 is 1.92 bits per heavy atom. The van der Waals surface area contributed by atoms with Crippen molar-refractivity contribution in [2.45, 2.75) is 0 Å². The first-order valence-electron chi connectivity index (χ1n) is 7.34. The van der Waals surface area contributed by atoms with Crippen molar-refractivity contribution < 1.29 is 33.7 Å². The number of hydrogen-bond acceptors (Lipinski definition) is 7. The van der Waals surface area contributed by atoms with E-state index in [0.717, 1.165) is 6.08 Å². The number of methoxy groups -OCH3 is 2. The van der Waals surface area contributed by atoms with Gasteiger partial charge in [0.2, 0.25) is 0 Å². The zero-order valence-electron chi connectivity index (χ0n) is 14.0. The number of anilines is 1. The Hall–Kier alpha value is -2.65. The highest BCUT2D eigenvalue weighted by Gasteiger charge is 2.33. The van der Waals surface area contributed by atoms with Gasteiger partial charge in [-0.3, -0.25) is 0 Å². The Bertz CT molecular complexity index is 800. The van der Waals surface area contributed by atoms with Crippen LogP contribution < -0.4 is 4.90 Å². The summed E-state index contributed by atoms with van der Waals surface area (Å²) < 4.78 is 15.6. The second-order valence-electron chi connectivity index (χ2n) is 5.09. The summed E-state index contributed by atoms with van der Waals surface area (Å²) in [5.74, 6) is -2.57. The molecule has 2 rings (SSSR count). The van der Waals surface area contributed by atoms with Gasteiger partial charge in [-0.25, -0.2) is 14.4 Å². The van der Waals surface area contributed by atoms with Gasteiger partial charge in [-0.05, 0) is 23.8 Å². The number of aliphatic carboxylic acids is 1. The van der Waals surface area contributed by atoms with E-state index in [-0.39, 0.29) is 24.6 Å². The lowest BCUT2D eigenvalue weighted by molar-refractivity contribution is -0.140. The summed E-state index contributed by atoms with van der Waals surface area (Å²) in [6.45, 7) is -0.142. The van der Waals surface area contributed by atoms with E-state index in [1.54, 1.807) is 18.2 Å². The molecule has 0 fully saturated rings. The van der Waals surface area contributed by atoms with Crippen LogP contribution in [0.2, 0.25) is 0 Å². The van der Waals surface area contributed by atoms with Gasteiger partial charge >= 0.3 is 17.9 Å². The SMILES string of the molecule is COC(=O)C1=C(C(=O)OC)N(c2cc(Br)ccc2C=CC(=O)O)COC1. The Morgan fingerprint density at radius 3 is 2.54 bits per heavy atom. The first-order valence-corrected chi connectivity index (χ1v) is 8.14. The fourth-order valence-electron chi connectivity index (χ4n) is 2.39. The predicted molar refractivity (Wildman–Crippen MR) is 95.2 cm³/mol. The number of rotatable bonds is 5. The third-order valence-corrected chi connectivity index (χ3v) is 4.02. The minimum atomic E-state index is -1.12. The topological polar surface area (TPSA) is 102 Å². The van der Waals surface area contributed by atoms with Crippen LogP contribution in [0.5, 0.6) is 0 Å². The number of carboxylic acid groups (broad SMARTS) is 1. The molecular formula is C17H16BrNO7. The van der Waals surface area contributed by atoms with Gasteiger partial charge in [0.25, 0.3) is 0 Å². The van der Waals surface area contributed by atoms with E-state index >= 15 is 0 Å². The van der Waals surface area contributed by atoms with E-state index in [9.17, 15) is 14.4 Å². The largest absolute Gasteiger partial charge is 0.478 e. The lowest BCUT2D eigenvalue weighted by Gasteiger charge is -2.32. The highest BCUT2D eigenvalue weighted by molar-refractivity contribution is 9.10. The van der Waals surface area contributed by atoms with Gasteiger partial charge in [-0.15, -0.1) is 0 Å². The summed E-state index contributed by atoms with van der Waals surface area (Å²) in [5.41, 5.74) is 0.956. The highest BCUT2D eigenvalue weighted by Crippen LogP contribution is 2.32. The predicted octanol–water partition coefficient (Wildman–Crippen LogP) is 1.94. The zero-order valence-corrected chi connectivity index (χ0v) is 15.6. The molecule has 1 heterocycles. The third-order valence-electron chi connectivity index (χ3n) is 3.52. The molecule has 0 atom stereocenters. The van der Waals surface area contributed by atoms with Crippen molar-refractivity contribution in [3.8, 4) is 0 Å². The summed E-state index contributed by atoms with van der Waals surface area (Å²) >= 11 is 3.34. The van der Waals surface area contributed by atoms with E-state index in [4.69, 9.17) is 19.3 Å². The maximum absolute atomic E-state index is 12.3. The Labute approximate surface area is 157 Å². The van der Waals surface area contributed by atoms with Crippen molar-refractivity contribution in [1.82, 2.24) is 0 Å². The fraction of sp³-hybridized carbons (Fsp3) is 0.235. The second-order valence-corrected chi connectivity index (χ2v) is 6.01. The van der Waals surface area contributed by atoms with E-state index < -0.39 is 17.9 Å². The van der Waals surface area contributed by atoms with Crippen LogP contribution >= 0.6 is 15.9 Å². The molecule has 0 unspecified atom stereocenters. The van der Waals surface area contributed by atoms with Crippen LogP contribution in [0.15, 0.2) is 40.0 Å². The minimum absolute atomic E-state index is 0.0127. The van der Waals surface area contributed by atoms with E-state index in [1.165, 1.54) is 25.2 Å². The van der Waals surface area contributed by atoms with Crippen LogP contribution in [0.4, 0.5) is 5.69 Å². The lowest BCUT2D eigenvalue weighted by atomic mass is 10.1. The van der Waals surface area contributed by atoms with Crippen LogP contribution in [-0.2, 0) is 28.6 Å². The minimum Gasteiger partial charge on any atom is -0.478 e. The molecule has 1 aromatic rings. The van der Waals surface area contributed by atoms with Crippen LogP contribution in [0.25, 0.3) is 6.08 Å². The molecule has 0 spiro atoms.